The van der Waals surface area contributed by atoms with Crippen molar-refractivity contribution in [1.82, 2.24) is 4.57 Å². The molecule has 33 heavy (non-hydrogen) atoms. The van der Waals surface area contributed by atoms with Gasteiger partial charge in [0.2, 0.25) is 6.33 Å². The van der Waals surface area contributed by atoms with Crippen LogP contribution in [0.4, 0.5) is 74.6 Å². The fourth-order valence-electron chi connectivity index (χ4n) is 2.26. The third-order valence-electron chi connectivity index (χ3n) is 4.29. The van der Waals surface area contributed by atoms with Gasteiger partial charge in [0.05, 0.1) is 20.0 Å². The Morgan fingerprint density at radius 1 is 0.576 bits per heavy atom. The largest absolute Gasteiger partial charge is 0.460 e. The van der Waals surface area contributed by atoms with Gasteiger partial charge < -0.3 is 0 Å². The molecule has 0 radical (unpaired) electrons. The minimum atomic E-state index is -8.60. The topological polar surface area (TPSA) is 8.81 Å². The van der Waals surface area contributed by atoms with Crippen molar-refractivity contribution >= 4 is 0 Å². The minimum Gasteiger partial charge on any atom is -0.240 e. The average Bonchev–Trinajstić information content (AvgIpc) is 3.03. The summed E-state index contributed by atoms with van der Waals surface area (Å²) in [5, 5.41) is 0. The molecule has 19 heteroatoms. The molecule has 0 amide bonds. The smallest absolute Gasteiger partial charge is 0.240 e. The van der Waals surface area contributed by atoms with Gasteiger partial charge in [-0.3, -0.25) is 0 Å². The number of hydrogen-bond donors (Lipinski definition) is 0. The van der Waals surface area contributed by atoms with Gasteiger partial charge in [0.25, 0.3) is 0 Å². The molecule has 0 aliphatic heterocycles. The van der Waals surface area contributed by atoms with Crippen LogP contribution in [0.5, 0.6) is 0 Å². The molecule has 0 saturated carbocycles. The molecule has 0 spiro atoms. The number of aryl methyl sites for hydroxylation is 2. The first-order valence-electron chi connectivity index (χ1n) is 7.95. The highest BCUT2D eigenvalue weighted by Gasteiger charge is 2.95. The molecular formula is C14H10F17N2+. The summed E-state index contributed by atoms with van der Waals surface area (Å²) in [6.45, 7) is -1.36. The zero-order valence-corrected chi connectivity index (χ0v) is 15.5. The van der Waals surface area contributed by atoms with Crippen molar-refractivity contribution in [3.05, 3.63) is 18.7 Å². The molecule has 0 aromatic carbocycles. The lowest BCUT2D eigenvalue weighted by molar-refractivity contribution is -0.671. The molecule has 0 saturated heterocycles. The fraction of sp³-hybridized carbons (Fsp3) is 0.786. The SMILES string of the molecule is C[n+]1ccn(CCC(F)(F)C(F)(F)C(F)(F)C(F)(F)C(F)(F)C(F)(F)C(F)(F)C(F)(F)F)c1. The van der Waals surface area contributed by atoms with E-state index in [-0.39, 0.29) is 0 Å². The summed E-state index contributed by atoms with van der Waals surface area (Å²) in [5.41, 5.74) is 0. The first kappa shape index (κ1) is 29.1. The first-order valence-corrected chi connectivity index (χ1v) is 7.95. The van der Waals surface area contributed by atoms with E-state index in [9.17, 15) is 74.6 Å². The lowest BCUT2D eigenvalue weighted by Crippen LogP contribution is -2.74. The molecule has 1 heterocycles. The van der Waals surface area contributed by atoms with Crippen molar-refractivity contribution in [2.45, 2.75) is 60.6 Å². The Labute approximate surface area is 171 Å². The van der Waals surface area contributed by atoms with Gasteiger partial charge >= 0.3 is 47.6 Å². The molecule has 1 rings (SSSR count). The second kappa shape index (κ2) is 7.78. The number of nitrogens with zero attached hydrogens (tertiary/aromatic N) is 2. The van der Waals surface area contributed by atoms with Crippen LogP contribution >= 0.6 is 0 Å². The van der Waals surface area contributed by atoms with Crippen LogP contribution in [0.15, 0.2) is 18.7 Å². The molecule has 1 aromatic rings. The molecule has 2 nitrogen and oxygen atoms in total. The van der Waals surface area contributed by atoms with E-state index in [0.717, 1.165) is 23.3 Å². The lowest BCUT2D eigenvalue weighted by Gasteiger charge is -2.42. The van der Waals surface area contributed by atoms with Crippen LogP contribution in [-0.2, 0) is 13.6 Å². The maximum Gasteiger partial charge on any atom is 0.460 e. The van der Waals surface area contributed by atoms with E-state index in [1.165, 1.54) is 7.05 Å². The van der Waals surface area contributed by atoms with Gasteiger partial charge in [-0.05, 0) is 0 Å². The van der Waals surface area contributed by atoms with Crippen LogP contribution in [0.25, 0.3) is 0 Å². The Balaban J connectivity index is 3.46. The van der Waals surface area contributed by atoms with Crippen molar-refractivity contribution in [1.29, 1.82) is 0 Å². The van der Waals surface area contributed by atoms with Crippen LogP contribution in [0, 0.1) is 0 Å². The molecule has 1 aromatic heterocycles. The molecule has 0 atom stereocenters. The zero-order chi connectivity index (χ0) is 26.7. The second-order valence-electron chi connectivity index (χ2n) is 6.72. The summed E-state index contributed by atoms with van der Waals surface area (Å²) in [6, 6.07) is 0. The summed E-state index contributed by atoms with van der Waals surface area (Å²) in [5.74, 6) is -56.0. The minimum absolute atomic E-state index is 0.590. The molecule has 0 N–H and O–H groups in total. The maximum absolute atomic E-state index is 13.7. The number of hydrogen-bond acceptors (Lipinski definition) is 0. The quantitative estimate of drug-likeness (QED) is 0.286. The summed E-state index contributed by atoms with van der Waals surface area (Å²) in [4.78, 5) is 0. The lowest BCUT2D eigenvalue weighted by atomic mass is 9.88. The molecular weight excluding hydrogens is 519 g/mol. The van der Waals surface area contributed by atoms with Crippen molar-refractivity contribution < 1.29 is 79.2 Å². The molecule has 0 aliphatic rings. The van der Waals surface area contributed by atoms with E-state index >= 15 is 0 Å². The standard InChI is InChI=1S/C14H10F17N2/c1-32-4-5-33(6-32)3-2-7(15,16)8(17,18)9(19,20)10(21,22)11(23,24)12(25,26)13(27,28)14(29,30)31/h4-6H,2-3H2,1H3/q+1. The van der Waals surface area contributed by atoms with Gasteiger partial charge in [0.15, 0.2) is 0 Å². The number of imidazole rings is 1. The summed E-state index contributed by atoms with van der Waals surface area (Å²) in [6.07, 6.45) is -7.43. The Morgan fingerprint density at radius 3 is 1.27 bits per heavy atom. The summed E-state index contributed by atoms with van der Waals surface area (Å²) in [7, 11) is 1.25. The van der Waals surface area contributed by atoms with Crippen LogP contribution < -0.4 is 4.57 Å². The highest BCUT2D eigenvalue weighted by molar-refractivity contribution is 5.15. The number of aromatic nitrogens is 2. The van der Waals surface area contributed by atoms with E-state index < -0.39 is 60.6 Å². The molecule has 194 valence electrons. The van der Waals surface area contributed by atoms with Gasteiger partial charge in [0.1, 0.15) is 12.4 Å². The van der Waals surface area contributed by atoms with Gasteiger partial charge in [0, 0.05) is 0 Å². The van der Waals surface area contributed by atoms with E-state index in [2.05, 4.69) is 0 Å². The van der Waals surface area contributed by atoms with Crippen LogP contribution in [0.3, 0.4) is 0 Å². The third kappa shape index (κ3) is 4.08. The van der Waals surface area contributed by atoms with Gasteiger partial charge in [-0.15, -0.1) is 0 Å². The summed E-state index contributed by atoms with van der Waals surface area (Å²) < 4.78 is 225. The monoisotopic (exact) mass is 529 g/mol. The molecule has 0 aliphatic carbocycles. The average molecular weight is 529 g/mol. The van der Waals surface area contributed by atoms with E-state index in [4.69, 9.17) is 0 Å². The number of rotatable bonds is 9. The molecule has 0 unspecified atom stereocenters. The molecule has 0 fully saturated rings. The normalized spacial score (nSPS) is 15.8. The van der Waals surface area contributed by atoms with Crippen molar-refractivity contribution in [3.8, 4) is 0 Å². The van der Waals surface area contributed by atoms with Crippen molar-refractivity contribution in [2.75, 3.05) is 0 Å². The van der Waals surface area contributed by atoms with Crippen LogP contribution in [0.1, 0.15) is 6.42 Å². The van der Waals surface area contributed by atoms with E-state index in [1.54, 1.807) is 0 Å². The first-order chi connectivity index (χ1) is 14.2. The van der Waals surface area contributed by atoms with Crippen molar-refractivity contribution in [3.63, 3.8) is 0 Å². The van der Waals surface area contributed by atoms with Gasteiger partial charge in [-0.1, -0.05) is 0 Å². The maximum atomic E-state index is 13.7. The Kier molecular flexibility index (Phi) is 6.85. The van der Waals surface area contributed by atoms with Gasteiger partial charge in [-0.25, -0.2) is 9.13 Å². The Bertz CT molecular complexity index is 835. The Hall–Kier alpha value is -1.98. The highest BCUT2D eigenvalue weighted by Crippen LogP contribution is 2.64. The second-order valence-corrected chi connectivity index (χ2v) is 6.72. The predicted molar refractivity (Wildman–Crippen MR) is 70.9 cm³/mol. The zero-order valence-electron chi connectivity index (χ0n) is 15.5. The number of alkyl halides is 17. The van der Waals surface area contributed by atoms with Crippen molar-refractivity contribution in [2.24, 2.45) is 7.05 Å². The Morgan fingerprint density at radius 2 is 0.939 bits per heavy atom. The van der Waals surface area contributed by atoms with E-state index in [0.29, 0.717) is 4.57 Å². The van der Waals surface area contributed by atoms with Gasteiger partial charge in [-0.2, -0.15) is 74.6 Å². The fourth-order valence-corrected chi connectivity index (χ4v) is 2.26. The summed E-state index contributed by atoms with van der Waals surface area (Å²) >= 11 is 0. The third-order valence-corrected chi connectivity index (χ3v) is 4.29. The van der Waals surface area contributed by atoms with Crippen LogP contribution in [-0.4, -0.2) is 52.2 Å². The number of halogens is 17. The highest BCUT2D eigenvalue weighted by atomic mass is 19.4. The molecule has 0 bridgehead atoms. The predicted octanol–water partition coefficient (Wildman–Crippen LogP) is 5.71. The van der Waals surface area contributed by atoms with Crippen LogP contribution in [0.2, 0.25) is 0 Å². The van der Waals surface area contributed by atoms with E-state index in [1.807, 2.05) is 0 Å².